The van der Waals surface area contributed by atoms with E-state index in [-0.39, 0.29) is 28.3 Å². The summed E-state index contributed by atoms with van der Waals surface area (Å²) in [6.45, 7) is 28.2. The lowest BCUT2D eigenvalue weighted by Crippen LogP contribution is -2.19. The highest BCUT2D eigenvalue weighted by Gasteiger charge is 2.20. The van der Waals surface area contributed by atoms with Gasteiger partial charge >= 0.3 is 0 Å². The Morgan fingerprint density at radius 2 is 0.667 bits per heavy atom. The first-order valence-electron chi connectivity index (χ1n) is 14.1. The summed E-state index contributed by atoms with van der Waals surface area (Å²) in [7, 11) is 0. The largest absolute Gasteiger partial charge is 0.262 e. The van der Waals surface area contributed by atoms with Crippen LogP contribution < -0.4 is 0 Å². The van der Waals surface area contributed by atoms with Gasteiger partial charge in [0.25, 0.3) is 42.4 Å². The quantitative estimate of drug-likeness (QED) is 0.210. The van der Waals surface area contributed by atoms with Gasteiger partial charge in [-0.1, -0.05) is 168 Å². The summed E-state index contributed by atoms with van der Waals surface area (Å²) in [4.78, 5) is 0. The number of hydrogen-bond acceptors (Lipinski definition) is 0. The SMILES string of the molecule is CC(C)[CH2][Al]([CH2]C(C)C)[CH2]C(C)C.CC[CH2][Al]([CH2]CC)[CH2]CC.C[CH2][Al]([CH2]C)[CH2]C. The van der Waals surface area contributed by atoms with Crippen molar-refractivity contribution in [1.29, 1.82) is 0 Å². The van der Waals surface area contributed by atoms with Gasteiger partial charge in [0.05, 0.1) is 0 Å². The highest BCUT2D eigenvalue weighted by atomic mass is 27.2. The first-order valence-corrected chi connectivity index (χ1v) is 21.5. The minimum Gasteiger partial charge on any atom is -0.0967 e. The zero-order chi connectivity index (χ0) is 23.9. The van der Waals surface area contributed by atoms with Gasteiger partial charge < -0.3 is 0 Å². The van der Waals surface area contributed by atoms with Crippen molar-refractivity contribution in [3.8, 4) is 0 Å². The maximum atomic E-state index is 2.38. The highest BCUT2D eigenvalue weighted by molar-refractivity contribution is 6.59. The predicted octanol–water partition coefficient (Wildman–Crippen LogP) is 10.7. The Labute approximate surface area is 208 Å². The van der Waals surface area contributed by atoms with E-state index >= 15 is 0 Å². The topological polar surface area (TPSA) is 0 Å². The third-order valence-corrected chi connectivity index (χ3v) is 18.7. The van der Waals surface area contributed by atoms with E-state index in [9.17, 15) is 0 Å². The third kappa shape index (κ3) is 29.6. The second-order valence-electron chi connectivity index (χ2n) is 11.1. The molecule has 0 saturated heterocycles. The Morgan fingerprint density at radius 1 is 0.400 bits per heavy atom. The van der Waals surface area contributed by atoms with Gasteiger partial charge in [-0.05, 0) is 0 Å². The molecule has 0 spiro atoms. The summed E-state index contributed by atoms with van der Waals surface area (Å²) in [5.74, 6) is 2.78. The maximum absolute atomic E-state index is 2.38. The Balaban J connectivity index is -0.000000383. The molecule has 0 heterocycles. The van der Waals surface area contributed by atoms with Crippen molar-refractivity contribution in [2.75, 3.05) is 0 Å². The normalized spacial score (nSPS) is 10.5. The van der Waals surface area contributed by atoms with Gasteiger partial charge in [0.15, 0.2) is 0 Å². The van der Waals surface area contributed by atoms with Crippen LogP contribution in [0, 0.1) is 17.8 Å². The molecule has 3 heteroatoms. The Bertz CT molecular complexity index is 255. The first-order chi connectivity index (χ1) is 14.1. The van der Waals surface area contributed by atoms with Crippen LogP contribution in [-0.2, 0) is 0 Å². The van der Waals surface area contributed by atoms with Crippen LogP contribution in [0.3, 0.4) is 0 Å². The molecule has 0 rings (SSSR count). The molecule has 0 nitrogen and oxygen atoms in total. The van der Waals surface area contributed by atoms with Crippen molar-refractivity contribution in [2.45, 2.75) is 150 Å². The average Bonchev–Trinajstić information content (AvgIpc) is 2.63. The van der Waals surface area contributed by atoms with Gasteiger partial charge in [0.1, 0.15) is 0 Å². The molecule has 180 valence electrons. The Kier molecular flexibility index (Phi) is 32.4. The van der Waals surface area contributed by atoms with Gasteiger partial charge in [-0.2, -0.15) is 0 Å². The fourth-order valence-corrected chi connectivity index (χ4v) is 14.4. The molecule has 0 aromatic carbocycles. The summed E-state index contributed by atoms with van der Waals surface area (Å²) in [5.41, 5.74) is 0. The van der Waals surface area contributed by atoms with Crippen LogP contribution in [0.15, 0.2) is 0 Å². The summed E-state index contributed by atoms with van der Waals surface area (Å²) in [6, 6.07) is 0. The summed E-state index contributed by atoms with van der Waals surface area (Å²) in [6.07, 6.45) is 4.28. The molecule has 0 aliphatic rings. The van der Waals surface area contributed by atoms with Crippen LogP contribution in [0.5, 0.6) is 0 Å². The van der Waals surface area contributed by atoms with Gasteiger partial charge in [0, 0.05) is 0 Å². The molecule has 0 N–H and O–H groups in total. The van der Waals surface area contributed by atoms with E-state index in [4.69, 9.17) is 0 Å². The second kappa shape index (κ2) is 26.8. The molecular weight excluding hydrogens is 405 g/mol. The van der Waals surface area contributed by atoms with E-state index in [2.05, 4.69) is 83.1 Å². The van der Waals surface area contributed by atoms with Crippen molar-refractivity contribution in [3.63, 3.8) is 0 Å². The fourth-order valence-electron chi connectivity index (χ4n) is 4.81. The highest BCUT2D eigenvalue weighted by Crippen LogP contribution is 2.21. The van der Waals surface area contributed by atoms with Crippen LogP contribution in [0.25, 0.3) is 0 Å². The number of rotatable bonds is 15. The van der Waals surface area contributed by atoms with Crippen molar-refractivity contribution < 1.29 is 0 Å². The van der Waals surface area contributed by atoms with Crippen LogP contribution in [-0.4, -0.2) is 42.4 Å². The molecule has 0 saturated carbocycles. The predicted molar refractivity (Wildman–Crippen MR) is 153 cm³/mol. The van der Waals surface area contributed by atoms with Gasteiger partial charge in [-0.15, -0.1) is 0 Å². The van der Waals surface area contributed by atoms with Crippen molar-refractivity contribution >= 4 is 42.4 Å². The van der Waals surface area contributed by atoms with Crippen molar-refractivity contribution in [2.24, 2.45) is 17.8 Å². The molecule has 0 aliphatic carbocycles. The lowest BCUT2D eigenvalue weighted by molar-refractivity contribution is 0.659. The van der Waals surface area contributed by atoms with Crippen molar-refractivity contribution in [3.05, 3.63) is 0 Å². The van der Waals surface area contributed by atoms with E-state index in [1.807, 2.05) is 0 Å². The minimum atomic E-state index is -0.407. The molecule has 0 aromatic rings. The van der Waals surface area contributed by atoms with E-state index in [1.165, 1.54) is 35.1 Å². The van der Waals surface area contributed by atoms with Gasteiger partial charge in [0.2, 0.25) is 0 Å². The molecule has 0 bridgehead atoms. The van der Waals surface area contributed by atoms with E-state index in [0.29, 0.717) is 0 Å². The average molecular weight is 469 g/mol. The Morgan fingerprint density at radius 3 is 0.800 bits per heavy atom. The zero-order valence-electron chi connectivity index (χ0n) is 23.9. The lowest BCUT2D eigenvalue weighted by Gasteiger charge is -2.17. The second-order valence-corrected chi connectivity index (χ2v) is 21.9. The van der Waals surface area contributed by atoms with E-state index in [1.54, 1.807) is 31.7 Å². The van der Waals surface area contributed by atoms with Crippen LogP contribution in [0.4, 0.5) is 0 Å². The standard InChI is InChI=1S/3C4H9.3C3H7.3C2H5.3Al/c3*1-4(2)3;3*1-3-2;3*1-2;;;/h3*4H,1H2,2-3H3;3*1,3H2,2H3;3*1H2,2H3;;;. The molecule has 0 amide bonds. The van der Waals surface area contributed by atoms with E-state index < -0.39 is 14.1 Å². The van der Waals surface area contributed by atoms with Crippen LogP contribution in [0.1, 0.15) is 102 Å². The zero-order valence-corrected chi connectivity index (χ0v) is 27.4. The monoisotopic (exact) mass is 468 g/mol. The molecule has 0 aromatic heterocycles. The summed E-state index contributed by atoms with van der Waals surface area (Å²) >= 11 is -0.813. The molecular formula is C27H63Al3. The lowest BCUT2D eigenvalue weighted by atomic mass is 10.2. The van der Waals surface area contributed by atoms with E-state index in [0.717, 1.165) is 17.8 Å². The smallest absolute Gasteiger partial charge is 0.0967 e. The molecule has 30 heavy (non-hydrogen) atoms. The molecule has 0 atom stereocenters. The maximum Gasteiger partial charge on any atom is 0.262 e. The van der Waals surface area contributed by atoms with Crippen molar-refractivity contribution in [1.82, 2.24) is 0 Å². The Hall–Kier alpha value is 1.60. The van der Waals surface area contributed by atoms with Crippen LogP contribution >= 0.6 is 0 Å². The van der Waals surface area contributed by atoms with Gasteiger partial charge in [-0.3, -0.25) is 0 Å². The first kappa shape index (κ1) is 36.2. The molecule has 0 unspecified atom stereocenters. The molecule has 0 aliphatic heterocycles. The summed E-state index contributed by atoms with van der Waals surface area (Å²) < 4.78 is 0. The third-order valence-electron chi connectivity index (χ3n) is 6.24. The number of hydrogen-bond donors (Lipinski definition) is 0. The minimum absolute atomic E-state index is 0.171. The molecule has 0 fully saturated rings. The van der Waals surface area contributed by atoms with Gasteiger partial charge in [-0.25, -0.2) is 0 Å². The fraction of sp³-hybridized carbons (Fsp3) is 1.00. The van der Waals surface area contributed by atoms with Crippen LogP contribution in [0.2, 0.25) is 47.5 Å². The molecule has 0 radical (unpaired) electrons. The summed E-state index contributed by atoms with van der Waals surface area (Å²) in [5, 5.41) is 13.9.